The Morgan fingerprint density at radius 3 is 2.79 bits per heavy atom. The maximum absolute atomic E-state index is 11.6. The molecule has 1 amide bonds. The molecule has 130 valence electrons. The molecule has 1 heterocycles. The van der Waals surface area contributed by atoms with Gasteiger partial charge in [-0.05, 0) is 32.3 Å². The number of aromatic nitrogens is 2. The van der Waals surface area contributed by atoms with Gasteiger partial charge in [-0.3, -0.25) is 9.48 Å². The van der Waals surface area contributed by atoms with Gasteiger partial charge in [-0.1, -0.05) is 29.8 Å². The minimum atomic E-state index is -0.161. The Morgan fingerprint density at radius 1 is 1.33 bits per heavy atom. The number of amides is 1. The van der Waals surface area contributed by atoms with Crippen molar-refractivity contribution < 1.29 is 9.90 Å². The number of aliphatic hydroxyl groups is 1. The highest BCUT2D eigenvalue weighted by atomic mass is 16.3. The van der Waals surface area contributed by atoms with E-state index in [4.69, 9.17) is 5.11 Å². The highest BCUT2D eigenvalue weighted by Gasteiger charge is 2.07. The normalized spacial score (nSPS) is 12.0. The number of nitrogens with zero attached hydrogens (tertiary/aromatic N) is 2. The highest BCUT2D eigenvalue weighted by Crippen LogP contribution is 2.12. The van der Waals surface area contributed by atoms with Crippen LogP contribution < -0.4 is 10.6 Å². The van der Waals surface area contributed by atoms with E-state index in [0.717, 1.165) is 18.5 Å². The fourth-order valence-corrected chi connectivity index (χ4v) is 2.42. The van der Waals surface area contributed by atoms with Gasteiger partial charge in [0.05, 0.1) is 18.5 Å². The number of anilines is 1. The Labute approximate surface area is 142 Å². The lowest BCUT2D eigenvalue weighted by molar-refractivity contribution is -0.122. The van der Waals surface area contributed by atoms with Gasteiger partial charge >= 0.3 is 0 Å². The summed E-state index contributed by atoms with van der Waals surface area (Å²) in [6.45, 7) is 4.59. The molecule has 0 fully saturated rings. The van der Waals surface area contributed by atoms with Crippen LogP contribution in [-0.2, 0) is 17.8 Å². The molecule has 24 heavy (non-hydrogen) atoms. The minimum absolute atomic E-state index is 0.0594. The molecule has 0 bridgehead atoms. The van der Waals surface area contributed by atoms with Crippen LogP contribution in [0.5, 0.6) is 0 Å². The summed E-state index contributed by atoms with van der Waals surface area (Å²) in [7, 11) is 0. The van der Waals surface area contributed by atoms with Crippen LogP contribution in [0.3, 0.4) is 0 Å². The Balaban J connectivity index is 1.76. The summed E-state index contributed by atoms with van der Waals surface area (Å²) in [6, 6.07) is 8.93. The number of aliphatic hydroxyl groups excluding tert-OH is 1. The second-order valence-electron chi connectivity index (χ2n) is 6.07. The van der Waals surface area contributed by atoms with Crippen LogP contribution in [0.2, 0.25) is 0 Å². The van der Waals surface area contributed by atoms with Gasteiger partial charge in [0.25, 0.3) is 0 Å². The third kappa shape index (κ3) is 6.04. The molecule has 1 unspecified atom stereocenters. The van der Waals surface area contributed by atoms with E-state index in [1.165, 1.54) is 11.1 Å². The number of rotatable bonds is 9. The van der Waals surface area contributed by atoms with E-state index in [9.17, 15) is 4.79 Å². The quantitative estimate of drug-likeness (QED) is 0.654. The van der Waals surface area contributed by atoms with Crippen LogP contribution in [0.1, 0.15) is 24.5 Å². The summed E-state index contributed by atoms with van der Waals surface area (Å²) in [5.41, 5.74) is 3.52. The summed E-state index contributed by atoms with van der Waals surface area (Å²) in [4.78, 5) is 11.6. The summed E-state index contributed by atoms with van der Waals surface area (Å²) >= 11 is 0. The smallest absolute Gasteiger partial charge is 0.241 e. The van der Waals surface area contributed by atoms with Gasteiger partial charge in [0.2, 0.25) is 5.91 Å². The maximum atomic E-state index is 11.6. The van der Waals surface area contributed by atoms with Gasteiger partial charge in [0.1, 0.15) is 6.54 Å². The molecule has 0 spiro atoms. The largest absolute Gasteiger partial charge is 0.395 e. The zero-order chi connectivity index (χ0) is 17.4. The SMILES string of the molecule is Cc1ccc(CCC(C)Nc2cnn(CC(=O)NCCO)c2)cc1. The third-order valence-electron chi connectivity index (χ3n) is 3.77. The van der Waals surface area contributed by atoms with Gasteiger partial charge < -0.3 is 15.7 Å². The van der Waals surface area contributed by atoms with Crippen LogP contribution in [-0.4, -0.2) is 40.0 Å². The first-order valence-electron chi connectivity index (χ1n) is 8.29. The van der Waals surface area contributed by atoms with E-state index in [1.807, 2.05) is 6.20 Å². The zero-order valence-electron chi connectivity index (χ0n) is 14.3. The molecule has 2 aromatic rings. The Bertz CT molecular complexity index is 637. The molecule has 0 saturated heterocycles. The Kier molecular flexibility index (Phi) is 6.81. The zero-order valence-corrected chi connectivity index (χ0v) is 14.3. The van der Waals surface area contributed by atoms with Crippen molar-refractivity contribution in [3.8, 4) is 0 Å². The standard InChI is InChI=1S/C18H26N4O2/c1-14-3-6-16(7-4-14)8-5-15(2)21-17-11-20-22(12-17)13-18(24)19-9-10-23/h3-4,6-7,11-12,15,21,23H,5,8-10,13H2,1-2H3,(H,19,24). The number of nitrogens with one attached hydrogen (secondary N) is 2. The maximum Gasteiger partial charge on any atom is 0.241 e. The summed E-state index contributed by atoms with van der Waals surface area (Å²) < 4.78 is 1.59. The second kappa shape index (κ2) is 9.08. The van der Waals surface area contributed by atoms with Crippen molar-refractivity contribution in [3.63, 3.8) is 0 Å². The number of aryl methyl sites for hydroxylation is 2. The van der Waals surface area contributed by atoms with Gasteiger partial charge in [-0.2, -0.15) is 5.10 Å². The average Bonchev–Trinajstić information content (AvgIpc) is 2.99. The lowest BCUT2D eigenvalue weighted by atomic mass is 10.0. The van der Waals surface area contributed by atoms with Gasteiger partial charge in [-0.25, -0.2) is 0 Å². The molecule has 1 aromatic carbocycles. The van der Waals surface area contributed by atoms with Crippen LogP contribution in [0.4, 0.5) is 5.69 Å². The lowest BCUT2D eigenvalue weighted by Crippen LogP contribution is -2.30. The van der Waals surface area contributed by atoms with E-state index in [-0.39, 0.29) is 25.6 Å². The molecular formula is C18H26N4O2. The highest BCUT2D eigenvalue weighted by molar-refractivity contribution is 5.75. The molecule has 0 aliphatic rings. The van der Waals surface area contributed by atoms with Crippen LogP contribution in [0.25, 0.3) is 0 Å². The van der Waals surface area contributed by atoms with Crippen LogP contribution in [0.15, 0.2) is 36.7 Å². The van der Waals surface area contributed by atoms with Crippen molar-refractivity contribution in [3.05, 3.63) is 47.8 Å². The number of hydrogen-bond donors (Lipinski definition) is 3. The first-order chi connectivity index (χ1) is 11.6. The van der Waals surface area contributed by atoms with Gasteiger partial charge in [0.15, 0.2) is 0 Å². The number of benzene rings is 1. The molecule has 6 heteroatoms. The molecule has 0 radical (unpaired) electrons. The molecule has 0 aliphatic heterocycles. The van der Waals surface area contributed by atoms with Crippen molar-refractivity contribution in [1.29, 1.82) is 0 Å². The molecule has 0 saturated carbocycles. The van der Waals surface area contributed by atoms with E-state index in [2.05, 4.69) is 53.8 Å². The third-order valence-corrected chi connectivity index (χ3v) is 3.77. The van der Waals surface area contributed by atoms with Crippen molar-refractivity contribution >= 4 is 11.6 Å². The fourth-order valence-electron chi connectivity index (χ4n) is 2.42. The van der Waals surface area contributed by atoms with Gasteiger partial charge in [0, 0.05) is 18.8 Å². The van der Waals surface area contributed by atoms with Crippen LogP contribution >= 0.6 is 0 Å². The van der Waals surface area contributed by atoms with Crippen molar-refractivity contribution in [2.75, 3.05) is 18.5 Å². The van der Waals surface area contributed by atoms with Crippen molar-refractivity contribution in [1.82, 2.24) is 15.1 Å². The van der Waals surface area contributed by atoms with Gasteiger partial charge in [-0.15, -0.1) is 0 Å². The number of carbonyl (C=O) groups excluding carboxylic acids is 1. The molecule has 2 rings (SSSR count). The molecule has 3 N–H and O–H groups in total. The summed E-state index contributed by atoms with van der Waals surface area (Å²) in [5, 5.41) is 18.9. The predicted molar refractivity (Wildman–Crippen MR) is 94.9 cm³/mol. The summed E-state index contributed by atoms with van der Waals surface area (Å²) in [6.07, 6.45) is 5.58. The second-order valence-corrected chi connectivity index (χ2v) is 6.07. The first kappa shape index (κ1) is 18.0. The number of hydrogen-bond acceptors (Lipinski definition) is 4. The monoisotopic (exact) mass is 330 g/mol. The fraction of sp³-hybridized carbons (Fsp3) is 0.444. The van der Waals surface area contributed by atoms with E-state index in [0.29, 0.717) is 6.04 Å². The Morgan fingerprint density at radius 2 is 2.08 bits per heavy atom. The van der Waals surface area contributed by atoms with Crippen molar-refractivity contribution in [2.24, 2.45) is 0 Å². The first-order valence-corrected chi connectivity index (χ1v) is 8.29. The predicted octanol–water partition coefficient (Wildman–Crippen LogP) is 1.73. The van der Waals surface area contributed by atoms with E-state index in [1.54, 1.807) is 10.9 Å². The average molecular weight is 330 g/mol. The van der Waals surface area contributed by atoms with E-state index < -0.39 is 0 Å². The van der Waals surface area contributed by atoms with Crippen molar-refractivity contribution in [2.45, 2.75) is 39.3 Å². The minimum Gasteiger partial charge on any atom is -0.395 e. The van der Waals surface area contributed by atoms with Crippen LogP contribution in [0, 0.1) is 6.92 Å². The topological polar surface area (TPSA) is 79.2 Å². The van der Waals surface area contributed by atoms with E-state index >= 15 is 0 Å². The molecule has 0 aliphatic carbocycles. The molecule has 1 aromatic heterocycles. The lowest BCUT2D eigenvalue weighted by Gasteiger charge is -2.13. The molecule has 1 atom stereocenters. The molecular weight excluding hydrogens is 304 g/mol. The summed E-state index contributed by atoms with van der Waals surface area (Å²) in [5.74, 6) is -0.161. The Hall–Kier alpha value is -2.34. The number of carbonyl (C=O) groups is 1. The molecule has 6 nitrogen and oxygen atoms in total.